The van der Waals surface area contributed by atoms with Crippen molar-refractivity contribution in [1.29, 1.82) is 0 Å². The van der Waals surface area contributed by atoms with Crippen molar-refractivity contribution in [2.24, 2.45) is 5.92 Å². The minimum absolute atomic E-state index is 0. The molecule has 136 valence electrons. The van der Waals surface area contributed by atoms with E-state index in [4.69, 9.17) is 4.98 Å². The summed E-state index contributed by atoms with van der Waals surface area (Å²) in [6.45, 7) is 5.85. The Morgan fingerprint density at radius 1 is 1.24 bits per heavy atom. The van der Waals surface area contributed by atoms with Crippen LogP contribution in [0, 0.1) is 5.92 Å². The van der Waals surface area contributed by atoms with Gasteiger partial charge in [0, 0.05) is 19.0 Å². The van der Waals surface area contributed by atoms with E-state index in [-0.39, 0.29) is 24.4 Å². The lowest BCUT2D eigenvalue weighted by molar-refractivity contribution is -0.137. The van der Waals surface area contributed by atoms with E-state index in [0.717, 1.165) is 63.2 Å². The van der Waals surface area contributed by atoms with E-state index in [2.05, 4.69) is 39.9 Å². The number of amides is 1. The second-order valence-electron chi connectivity index (χ2n) is 6.92. The SMILES string of the molecule is CCn1c(C2CCCN2C(=O)C2CCNCC2)nc2ccccc21.Cl. The highest BCUT2D eigenvalue weighted by Crippen LogP contribution is 2.35. The Morgan fingerprint density at radius 3 is 2.76 bits per heavy atom. The maximum atomic E-state index is 13.1. The van der Waals surface area contributed by atoms with Gasteiger partial charge in [-0.05, 0) is 57.8 Å². The van der Waals surface area contributed by atoms with Gasteiger partial charge >= 0.3 is 0 Å². The first-order valence-electron chi connectivity index (χ1n) is 9.26. The van der Waals surface area contributed by atoms with Crippen molar-refractivity contribution in [2.45, 2.75) is 45.2 Å². The quantitative estimate of drug-likeness (QED) is 0.912. The van der Waals surface area contributed by atoms with Gasteiger partial charge < -0.3 is 14.8 Å². The molecule has 1 aromatic heterocycles. The van der Waals surface area contributed by atoms with Gasteiger partial charge in [-0.15, -0.1) is 12.4 Å². The first-order valence-corrected chi connectivity index (χ1v) is 9.26. The number of para-hydroxylation sites is 2. The predicted octanol–water partition coefficient (Wildman–Crippen LogP) is 3.14. The number of benzene rings is 1. The summed E-state index contributed by atoms with van der Waals surface area (Å²) in [6, 6.07) is 8.43. The van der Waals surface area contributed by atoms with Crippen molar-refractivity contribution < 1.29 is 4.79 Å². The first kappa shape index (κ1) is 18.2. The van der Waals surface area contributed by atoms with E-state index >= 15 is 0 Å². The van der Waals surface area contributed by atoms with Crippen molar-refractivity contribution in [1.82, 2.24) is 19.8 Å². The van der Waals surface area contributed by atoms with Crippen LogP contribution in [0.2, 0.25) is 0 Å². The summed E-state index contributed by atoms with van der Waals surface area (Å²) >= 11 is 0. The van der Waals surface area contributed by atoms with Crippen LogP contribution in [0.1, 0.15) is 44.5 Å². The molecule has 2 fully saturated rings. The minimum atomic E-state index is 0. The number of aromatic nitrogens is 2. The molecule has 1 atom stereocenters. The average molecular weight is 363 g/mol. The van der Waals surface area contributed by atoms with Crippen LogP contribution in [-0.4, -0.2) is 40.0 Å². The Morgan fingerprint density at radius 2 is 2.00 bits per heavy atom. The number of imidazole rings is 1. The Bertz CT molecular complexity index is 738. The van der Waals surface area contributed by atoms with Gasteiger partial charge in [0.2, 0.25) is 5.91 Å². The summed E-state index contributed by atoms with van der Waals surface area (Å²) in [5, 5.41) is 3.35. The smallest absolute Gasteiger partial charge is 0.226 e. The van der Waals surface area contributed by atoms with Gasteiger partial charge in [-0.3, -0.25) is 4.79 Å². The molecule has 0 bridgehead atoms. The molecule has 2 saturated heterocycles. The summed E-state index contributed by atoms with van der Waals surface area (Å²) in [7, 11) is 0. The molecule has 1 N–H and O–H groups in total. The number of carbonyl (C=O) groups excluding carboxylic acids is 1. The van der Waals surface area contributed by atoms with Crippen LogP contribution in [0.3, 0.4) is 0 Å². The fraction of sp³-hybridized carbons (Fsp3) is 0.579. The standard InChI is InChI=1S/C19H26N4O.ClH/c1-2-22-16-7-4-3-6-15(16)21-18(22)17-8-5-13-23(17)19(24)14-9-11-20-12-10-14;/h3-4,6-7,14,17,20H,2,5,8-13H2,1H3;1H. The molecular formula is C19H27ClN4O. The molecule has 2 aliphatic heterocycles. The van der Waals surface area contributed by atoms with E-state index in [1.165, 1.54) is 5.52 Å². The van der Waals surface area contributed by atoms with E-state index in [1.807, 2.05) is 6.07 Å². The molecule has 0 radical (unpaired) electrons. The van der Waals surface area contributed by atoms with Crippen LogP contribution < -0.4 is 5.32 Å². The number of likely N-dealkylation sites (tertiary alicyclic amines) is 1. The van der Waals surface area contributed by atoms with Crippen LogP contribution in [-0.2, 0) is 11.3 Å². The molecule has 0 saturated carbocycles. The molecular weight excluding hydrogens is 336 g/mol. The third-order valence-corrected chi connectivity index (χ3v) is 5.52. The molecule has 6 heteroatoms. The number of hydrogen-bond acceptors (Lipinski definition) is 3. The topological polar surface area (TPSA) is 50.2 Å². The van der Waals surface area contributed by atoms with Crippen molar-refractivity contribution in [3.8, 4) is 0 Å². The molecule has 4 rings (SSSR count). The number of halogens is 1. The van der Waals surface area contributed by atoms with Crippen molar-refractivity contribution >= 4 is 29.3 Å². The molecule has 0 spiro atoms. The highest BCUT2D eigenvalue weighted by Gasteiger charge is 2.36. The van der Waals surface area contributed by atoms with E-state index in [9.17, 15) is 4.79 Å². The fourth-order valence-corrected chi connectivity index (χ4v) is 4.28. The second kappa shape index (κ2) is 7.75. The molecule has 1 unspecified atom stereocenters. The van der Waals surface area contributed by atoms with Crippen LogP contribution in [0.15, 0.2) is 24.3 Å². The molecule has 25 heavy (non-hydrogen) atoms. The molecule has 1 amide bonds. The predicted molar refractivity (Wildman–Crippen MR) is 102 cm³/mol. The number of piperidine rings is 1. The molecule has 5 nitrogen and oxygen atoms in total. The van der Waals surface area contributed by atoms with Gasteiger partial charge in [0.25, 0.3) is 0 Å². The molecule has 0 aliphatic carbocycles. The third-order valence-electron chi connectivity index (χ3n) is 5.52. The van der Waals surface area contributed by atoms with Gasteiger partial charge in [-0.25, -0.2) is 4.98 Å². The Hall–Kier alpha value is -1.59. The van der Waals surface area contributed by atoms with Crippen LogP contribution in [0.5, 0.6) is 0 Å². The van der Waals surface area contributed by atoms with Crippen LogP contribution in [0.25, 0.3) is 11.0 Å². The number of aryl methyl sites for hydroxylation is 1. The zero-order valence-corrected chi connectivity index (χ0v) is 15.6. The normalized spacial score (nSPS) is 21.5. The van der Waals surface area contributed by atoms with Gasteiger partial charge in [-0.2, -0.15) is 0 Å². The Balaban J connectivity index is 0.00000182. The van der Waals surface area contributed by atoms with Crippen LogP contribution in [0.4, 0.5) is 0 Å². The summed E-state index contributed by atoms with van der Waals surface area (Å²) in [5.74, 6) is 1.60. The summed E-state index contributed by atoms with van der Waals surface area (Å²) in [5.41, 5.74) is 2.21. The lowest BCUT2D eigenvalue weighted by Gasteiger charge is -2.30. The minimum Gasteiger partial charge on any atom is -0.332 e. The second-order valence-corrected chi connectivity index (χ2v) is 6.92. The highest BCUT2D eigenvalue weighted by atomic mass is 35.5. The monoisotopic (exact) mass is 362 g/mol. The van der Waals surface area contributed by atoms with E-state index in [0.29, 0.717) is 5.91 Å². The summed E-state index contributed by atoms with van der Waals surface area (Å²) < 4.78 is 2.29. The van der Waals surface area contributed by atoms with E-state index in [1.54, 1.807) is 0 Å². The first-order chi connectivity index (χ1) is 11.8. The Labute approximate surface area is 155 Å². The third kappa shape index (κ3) is 3.27. The van der Waals surface area contributed by atoms with Crippen molar-refractivity contribution in [2.75, 3.05) is 19.6 Å². The number of rotatable bonds is 3. The largest absolute Gasteiger partial charge is 0.332 e. The number of hydrogen-bond donors (Lipinski definition) is 1. The maximum Gasteiger partial charge on any atom is 0.226 e. The Kier molecular flexibility index (Phi) is 5.64. The van der Waals surface area contributed by atoms with Gasteiger partial charge in [0.15, 0.2) is 0 Å². The maximum absolute atomic E-state index is 13.1. The highest BCUT2D eigenvalue weighted by molar-refractivity contribution is 5.85. The van der Waals surface area contributed by atoms with E-state index < -0.39 is 0 Å². The van der Waals surface area contributed by atoms with Crippen molar-refractivity contribution in [3.05, 3.63) is 30.1 Å². The summed E-state index contributed by atoms with van der Waals surface area (Å²) in [4.78, 5) is 20.1. The van der Waals surface area contributed by atoms with Crippen molar-refractivity contribution in [3.63, 3.8) is 0 Å². The molecule has 1 aromatic carbocycles. The number of carbonyl (C=O) groups is 1. The lowest BCUT2D eigenvalue weighted by atomic mass is 9.96. The molecule has 2 aliphatic rings. The number of nitrogens with one attached hydrogen (secondary N) is 1. The lowest BCUT2D eigenvalue weighted by Crippen LogP contribution is -2.41. The number of fused-ring (bicyclic) bond motifs is 1. The number of nitrogens with zero attached hydrogens (tertiary/aromatic N) is 3. The summed E-state index contributed by atoms with van der Waals surface area (Å²) in [6.07, 6.45) is 4.03. The zero-order chi connectivity index (χ0) is 16.5. The molecule has 2 aromatic rings. The molecule has 3 heterocycles. The van der Waals surface area contributed by atoms with Crippen LogP contribution >= 0.6 is 12.4 Å². The zero-order valence-electron chi connectivity index (χ0n) is 14.8. The van der Waals surface area contributed by atoms with Gasteiger partial charge in [0.05, 0.1) is 17.1 Å². The fourth-order valence-electron chi connectivity index (χ4n) is 4.28. The average Bonchev–Trinajstić information content (AvgIpc) is 3.25. The van der Waals surface area contributed by atoms with Gasteiger partial charge in [0.1, 0.15) is 5.82 Å². The van der Waals surface area contributed by atoms with Gasteiger partial charge in [-0.1, -0.05) is 12.1 Å².